The molecule has 1 atom stereocenters. The maximum absolute atomic E-state index is 12.4. The second kappa shape index (κ2) is 6.66. The van der Waals surface area contributed by atoms with Gasteiger partial charge in [-0.15, -0.1) is 10.2 Å². The summed E-state index contributed by atoms with van der Waals surface area (Å²) in [5, 5.41) is 13.0. The Morgan fingerprint density at radius 3 is 2.77 bits per heavy atom. The van der Waals surface area contributed by atoms with Crippen molar-refractivity contribution in [2.75, 3.05) is 11.9 Å². The van der Waals surface area contributed by atoms with Gasteiger partial charge in [0.25, 0.3) is 5.91 Å². The highest BCUT2D eigenvalue weighted by Crippen LogP contribution is 2.32. The van der Waals surface area contributed by atoms with Crippen LogP contribution >= 0.6 is 0 Å². The molecule has 0 saturated heterocycles. The molecule has 2 heterocycles. The molecule has 1 aromatic heterocycles. The van der Waals surface area contributed by atoms with Gasteiger partial charge in [-0.2, -0.15) is 0 Å². The number of nitrogens with zero attached hydrogens (tertiary/aromatic N) is 2. The Labute approximate surface area is 150 Å². The third kappa shape index (κ3) is 4.11. The van der Waals surface area contributed by atoms with Crippen molar-refractivity contribution in [1.82, 2.24) is 15.5 Å². The van der Waals surface area contributed by atoms with Crippen molar-refractivity contribution >= 4 is 17.7 Å². The Hall–Kier alpha value is -3.10. The number of ether oxygens (including phenoxy) is 2. The average molecular weight is 360 g/mol. The maximum Gasteiger partial charge on any atom is 0.408 e. The summed E-state index contributed by atoms with van der Waals surface area (Å²) in [6.07, 6.45) is -0.686. The van der Waals surface area contributed by atoms with Crippen molar-refractivity contribution in [2.24, 2.45) is 0 Å². The molecule has 2 amide bonds. The molecule has 9 nitrogen and oxygen atoms in total. The molecule has 0 unspecified atom stereocenters. The van der Waals surface area contributed by atoms with Crippen LogP contribution in [-0.2, 0) is 9.53 Å². The summed E-state index contributed by atoms with van der Waals surface area (Å²) in [7, 11) is 0. The largest absolute Gasteiger partial charge is 0.489 e. The summed E-state index contributed by atoms with van der Waals surface area (Å²) in [5.74, 6) is 0.851. The van der Waals surface area contributed by atoms with Crippen LogP contribution in [0.2, 0.25) is 0 Å². The van der Waals surface area contributed by atoms with Gasteiger partial charge < -0.3 is 24.5 Å². The quantitative estimate of drug-likeness (QED) is 0.844. The number of benzene rings is 1. The van der Waals surface area contributed by atoms with Crippen LogP contribution in [0.15, 0.2) is 22.6 Å². The number of rotatable bonds is 2. The Kier molecular flexibility index (Phi) is 4.54. The second-order valence-electron chi connectivity index (χ2n) is 6.84. The highest BCUT2D eigenvalue weighted by molar-refractivity contribution is 5.99. The number of alkyl carbamates (subject to hydrolysis) is 1. The van der Waals surface area contributed by atoms with E-state index in [9.17, 15) is 9.59 Å². The molecule has 3 rings (SSSR count). The van der Waals surface area contributed by atoms with Crippen LogP contribution in [0.3, 0.4) is 0 Å². The third-order valence-corrected chi connectivity index (χ3v) is 3.42. The molecular formula is C17H20N4O5. The first-order valence-electron chi connectivity index (χ1n) is 8.09. The summed E-state index contributed by atoms with van der Waals surface area (Å²) in [6.45, 7) is 6.90. The molecule has 0 fully saturated rings. The summed E-state index contributed by atoms with van der Waals surface area (Å²) in [4.78, 5) is 24.3. The number of hydrogen-bond acceptors (Lipinski definition) is 7. The fourth-order valence-corrected chi connectivity index (χ4v) is 2.33. The van der Waals surface area contributed by atoms with Gasteiger partial charge in [0, 0.05) is 12.5 Å². The van der Waals surface area contributed by atoms with Crippen molar-refractivity contribution in [2.45, 2.75) is 39.3 Å². The van der Waals surface area contributed by atoms with E-state index < -0.39 is 23.6 Å². The van der Waals surface area contributed by atoms with E-state index in [2.05, 4.69) is 20.8 Å². The lowest BCUT2D eigenvalue weighted by molar-refractivity contribution is -0.118. The monoisotopic (exact) mass is 360 g/mol. The Morgan fingerprint density at radius 1 is 1.35 bits per heavy atom. The lowest BCUT2D eigenvalue weighted by Crippen LogP contribution is -2.48. The zero-order valence-electron chi connectivity index (χ0n) is 15.0. The first-order valence-corrected chi connectivity index (χ1v) is 8.09. The number of fused-ring (bicyclic) bond motifs is 1. The van der Waals surface area contributed by atoms with Crippen LogP contribution in [0.4, 0.5) is 10.5 Å². The number of nitrogens with one attached hydrogen (secondary N) is 2. The third-order valence-electron chi connectivity index (χ3n) is 3.42. The molecule has 0 aliphatic carbocycles. The zero-order valence-corrected chi connectivity index (χ0v) is 15.0. The van der Waals surface area contributed by atoms with Crippen LogP contribution < -0.4 is 15.4 Å². The minimum atomic E-state index is -0.883. The SMILES string of the molecule is Cc1nnc(-c2ccc3c(c2)NC(=O)[C@@H](NC(=O)OC(C)(C)C)CO3)o1. The van der Waals surface area contributed by atoms with Gasteiger partial charge in [0.15, 0.2) is 0 Å². The molecule has 9 heteroatoms. The van der Waals surface area contributed by atoms with E-state index in [0.29, 0.717) is 28.8 Å². The smallest absolute Gasteiger partial charge is 0.408 e. The van der Waals surface area contributed by atoms with Crippen molar-refractivity contribution in [1.29, 1.82) is 0 Å². The van der Waals surface area contributed by atoms with Gasteiger partial charge in [-0.05, 0) is 39.0 Å². The molecule has 1 aliphatic rings. The lowest BCUT2D eigenvalue weighted by atomic mass is 10.2. The van der Waals surface area contributed by atoms with Crippen LogP contribution in [0.5, 0.6) is 5.75 Å². The molecule has 0 bridgehead atoms. The topological polar surface area (TPSA) is 116 Å². The predicted molar refractivity (Wildman–Crippen MR) is 91.8 cm³/mol. The molecule has 2 N–H and O–H groups in total. The van der Waals surface area contributed by atoms with Crippen LogP contribution in [0.25, 0.3) is 11.5 Å². The standard InChI is InChI=1S/C17H20N4O5/c1-9-20-21-15(25-9)10-5-6-13-11(7-10)18-14(22)12(8-24-13)19-16(23)26-17(2,3)4/h5-7,12H,8H2,1-4H3,(H,18,22)(H,19,23)/t12-/m0/s1. The van der Waals surface area contributed by atoms with Crippen molar-refractivity contribution in [3.8, 4) is 17.2 Å². The first kappa shape index (κ1) is 17.7. The molecule has 26 heavy (non-hydrogen) atoms. The summed E-state index contributed by atoms with van der Waals surface area (Å²) in [6, 6.07) is 4.24. The molecule has 138 valence electrons. The maximum atomic E-state index is 12.4. The molecule has 1 aliphatic heterocycles. The molecular weight excluding hydrogens is 340 g/mol. The Balaban J connectivity index is 1.74. The summed E-state index contributed by atoms with van der Waals surface area (Å²) in [5.41, 5.74) is 0.440. The Morgan fingerprint density at radius 2 is 2.12 bits per heavy atom. The highest BCUT2D eigenvalue weighted by Gasteiger charge is 2.28. The lowest BCUT2D eigenvalue weighted by Gasteiger charge is -2.22. The number of aromatic nitrogens is 2. The first-order chi connectivity index (χ1) is 12.2. The van der Waals surface area contributed by atoms with E-state index in [4.69, 9.17) is 13.9 Å². The highest BCUT2D eigenvalue weighted by atomic mass is 16.6. The molecule has 0 spiro atoms. The van der Waals surface area contributed by atoms with E-state index in [0.717, 1.165) is 0 Å². The molecule has 1 aromatic carbocycles. The number of aryl methyl sites for hydroxylation is 1. The van der Waals surface area contributed by atoms with Gasteiger partial charge in [0.05, 0.1) is 5.69 Å². The van der Waals surface area contributed by atoms with Crippen LogP contribution in [-0.4, -0.2) is 40.4 Å². The van der Waals surface area contributed by atoms with Crippen LogP contribution in [0.1, 0.15) is 26.7 Å². The van der Waals surface area contributed by atoms with Gasteiger partial charge in [0.1, 0.15) is 24.0 Å². The minimum Gasteiger partial charge on any atom is -0.489 e. The molecule has 0 saturated carbocycles. The summed E-state index contributed by atoms with van der Waals surface area (Å²) >= 11 is 0. The molecule has 0 radical (unpaired) electrons. The fourth-order valence-electron chi connectivity index (χ4n) is 2.33. The number of amides is 2. The van der Waals surface area contributed by atoms with Crippen LogP contribution in [0, 0.1) is 6.92 Å². The Bertz CT molecular complexity index is 840. The minimum absolute atomic E-state index is 0.0168. The van der Waals surface area contributed by atoms with Gasteiger partial charge in [-0.1, -0.05) is 0 Å². The van der Waals surface area contributed by atoms with E-state index in [1.54, 1.807) is 45.9 Å². The zero-order chi connectivity index (χ0) is 18.9. The van der Waals surface area contributed by atoms with E-state index in [-0.39, 0.29) is 6.61 Å². The van der Waals surface area contributed by atoms with Gasteiger partial charge in [-0.3, -0.25) is 4.79 Å². The van der Waals surface area contributed by atoms with Gasteiger partial charge in [-0.25, -0.2) is 4.79 Å². The van der Waals surface area contributed by atoms with Crippen molar-refractivity contribution in [3.63, 3.8) is 0 Å². The van der Waals surface area contributed by atoms with E-state index in [1.807, 2.05) is 0 Å². The average Bonchev–Trinajstić information content (AvgIpc) is 2.90. The van der Waals surface area contributed by atoms with Crippen molar-refractivity contribution < 1.29 is 23.5 Å². The van der Waals surface area contributed by atoms with E-state index >= 15 is 0 Å². The van der Waals surface area contributed by atoms with Gasteiger partial charge >= 0.3 is 6.09 Å². The normalized spacial score (nSPS) is 16.8. The second-order valence-corrected chi connectivity index (χ2v) is 6.84. The number of anilines is 1. The predicted octanol–water partition coefficient (Wildman–Crippen LogP) is 2.27. The van der Waals surface area contributed by atoms with Gasteiger partial charge in [0.2, 0.25) is 11.8 Å². The van der Waals surface area contributed by atoms with Crippen molar-refractivity contribution in [3.05, 3.63) is 24.1 Å². The summed E-state index contributed by atoms with van der Waals surface area (Å²) < 4.78 is 16.2. The fraction of sp³-hybridized carbons (Fsp3) is 0.412. The van der Waals surface area contributed by atoms with E-state index in [1.165, 1.54) is 0 Å². The molecule has 2 aromatic rings. The number of hydrogen-bond donors (Lipinski definition) is 2. The number of carbonyl (C=O) groups excluding carboxylic acids is 2. The number of carbonyl (C=O) groups is 2.